The normalized spacial score (nSPS) is 14.7. The van der Waals surface area contributed by atoms with Crippen LogP contribution in [0.15, 0.2) is 66.7 Å². The van der Waals surface area contributed by atoms with E-state index in [0.717, 1.165) is 16.7 Å². The Morgan fingerprint density at radius 2 is 1.78 bits per heavy atom. The average Bonchev–Trinajstić information content (AvgIpc) is 3.06. The van der Waals surface area contributed by atoms with Crippen molar-refractivity contribution in [2.24, 2.45) is 0 Å². The largest absolute Gasteiger partial charge is 0.493 e. The zero-order valence-electron chi connectivity index (χ0n) is 21.5. The summed E-state index contributed by atoms with van der Waals surface area (Å²) in [6.45, 7) is 3.27. The average molecular weight is 504 g/mol. The highest BCUT2D eigenvalue weighted by atomic mass is 16.5. The number of nitrogens with one attached hydrogen (secondary N) is 2. The van der Waals surface area contributed by atoms with Crippen molar-refractivity contribution in [3.8, 4) is 17.2 Å². The van der Waals surface area contributed by atoms with Gasteiger partial charge in [-0.15, -0.1) is 0 Å². The summed E-state index contributed by atoms with van der Waals surface area (Å²) in [4.78, 5) is 27.5. The highest BCUT2D eigenvalue weighted by molar-refractivity contribution is 5.89. The van der Waals surface area contributed by atoms with Gasteiger partial charge in [-0.1, -0.05) is 43.3 Å². The summed E-state index contributed by atoms with van der Waals surface area (Å²) in [6.07, 6.45) is 0.657. The number of urea groups is 1. The number of methoxy groups -OCH3 is 2. The second kappa shape index (κ2) is 12.2. The second-order valence-electron chi connectivity index (χ2n) is 8.83. The summed E-state index contributed by atoms with van der Waals surface area (Å²) in [5.74, 6) is 1.93. The molecule has 4 rings (SSSR count). The minimum atomic E-state index is -0.556. The molecule has 37 heavy (non-hydrogen) atoms. The van der Waals surface area contributed by atoms with Crippen molar-refractivity contribution in [1.29, 1.82) is 0 Å². The maximum Gasteiger partial charge on any atom is 0.319 e. The molecule has 0 saturated carbocycles. The lowest BCUT2D eigenvalue weighted by atomic mass is 10.1. The second-order valence-corrected chi connectivity index (χ2v) is 8.83. The highest BCUT2D eigenvalue weighted by Gasteiger charge is 2.30. The van der Waals surface area contributed by atoms with Crippen LogP contribution in [-0.2, 0) is 24.3 Å². The number of hydrogen-bond acceptors (Lipinski definition) is 5. The first-order valence-corrected chi connectivity index (χ1v) is 12.4. The van der Waals surface area contributed by atoms with Gasteiger partial charge in [-0.3, -0.25) is 4.79 Å². The molecule has 8 nitrogen and oxygen atoms in total. The molecule has 0 saturated heterocycles. The predicted molar refractivity (Wildman–Crippen MR) is 142 cm³/mol. The fourth-order valence-corrected chi connectivity index (χ4v) is 4.29. The predicted octanol–water partition coefficient (Wildman–Crippen LogP) is 4.77. The Hall–Kier alpha value is -4.20. The summed E-state index contributed by atoms with van der Waals surface area (Å²) in [7, 11) is 3.21. The third-order valence-electron chi connectivity index (χ3n) is 6.32. The van der Waals surface area contributed by atoms with E-state index in [9.17, 15) is 9.59 Å². The molecule has 0 aliphatic carbocycles. The molecule has 0 bridgehead atoms. The molecule has 1 aliphatic heterocycles. The number of amides is 3. The molecule has 3 aromatic carbocycles. The molecule has 1 unspecified atom stereocenters. The molecule has 0 radical (unpaired) electrons. The van der Waals surface area contributed by atoms with Crippen LogP contribution >= 0.6 is 0 Å². The molecule has 0 aromatic heterocycles. The van der Waals surface area contributed by atoms with E-state index in [1.54, 1.807) is 20.3 Å². The summed E-state index contributed by atoms with van der Waals surface area (Å²) in [5.41, 5.74) is 3.53. The molecule has 3 aromatic rings. The Kier molecular flexibility index (Phi) is 8.51. The molecule has 0 fully saturated rings. The van der Waals surface area contributed by atoms with Crippen molar-refractivity contribution in [3.63, 3.8) is 0 Å². The molecule has 194 valence electrons. The summed E-state index contributed by atoms with van der Waals surface area (Å²) in [5, 5.41) is 5.74. The maximum atomic E-state index is 13.2. The van der Waals surface area contributed by atoms with Crippen molar-refractivity contribution in [3.05, 3.63) is 83.4 Å². The molecule has 2 N–H and O–H groups in total. The Bertz CT molecular complexity index is 1230. The molecule has 3 amide bonds. The van der Waals surface area contributed by atoms with Crippen LogP contribution in [0, 0.1) is 0 Å². The van der Waals surface area contributed by atoms with E-state index in [4.69, 9.17) is 14.2 Å². The fraction of sp³-hybridized carbons (Fsp3) is 0.310. The van der Waals surface area contributed by atoms with Crippen molar-refractivity contribution in [2.45, 2.75) is 39.0 Å². The molecular weight excluding hydrogens is 470 g/mol. The van der Waals surface area contributed by atoms with Crippen molar-refractivity contribution < 1.29 is 23.8 Å². The van der Waals surface area contributed by atoms with E-state index in [1.807, 2.05) is 72.5 Å². The first-order chi connectivity index (χ1) is 18.0. The number of benzene rings is 3. The van der Waals surface area contributed by atoms with Crippen LogP contribution in [0.25, 0.3) is 0 Å². The molecule has 1 aliphatic rings. The number of nitrogens with zero attached hydrogens (tertiary/aromatic N) is 1. The van der Waals surface area contributed by atoms with Gasteiger partial charge in [0.1, 0.15) is 5.75 Å². The van der Waals surface area contributed by atoms with E-state index in [2.05, 4.69) is 10.6 Å². The van der Waals surface area contributed by atoms with Crippen LogP contribution in [0.1, 0.15) is 30.0 Å². The minimum Gasteiger partial charge on any atom is -0.493 e. The van der Waals surface area contributed by atoms with Gasteiger partial charge in [0.2, 0.25) is 0 Å². The SMILES string of the molecule is CCC1Oc2ccc(NC(=O)NCc3ccccc3)cc2CN(CCc2ccc(OC)c(OC)c2)C1=O. The number of anilines is 1. The van der Waals surface area contributed by atoms with Crippen LogP contribution in [-0.4, -0.2) is 43.7 Å². The van der Waals surface area contributed by atoms with Gasteiger partial charge in [0, 0.05) is 30.9 Å². The number of carbonyl (C=O) groups is 2. The standard InChI is InChI=1S/C29H33N3O5/c1-4-24-28(33)32(15-14-20-10-12-26(35-2)27(16-20)36-3)19-22-17-23(11-13-25(22)37-24)31-29(34)30-18-21-8-6-5-7-9-21/h5-13,16-17,24H,4,14-15,18-19H2,1-3H3,(H2,30,31,34). The Morgan fingerprint density at radius 1 is 1.00 bits per heavy atom. The van der Waals surface area contributed by atoms with E-state index < -0.39 is 6.10 Å². The zero-order valence-corrected chi connectivity index (χ0v) is 21.5. The maximum absolute atomic E-state index is 13.2. The number of hydrogen-bond donors (Lipinski definition) is 2. The van der Waals surface area contributed by atoms with Crippen molar-refractivity contribution in [1.82, 2.24) is 10.2 Å². The monoisotopic (exact) mass is 503 g/mol. The van der Waals surface area contributed by atoms with E-state index in [-0.39, 0.29) is 11.9 Å². The van der Waals surface area contributed by atoms with E-state index in [1.165, 1.54) is 0 Å². The van der Waals surface area contributed by atoms with Gasteiger partial charge in [0.15, 0.2) is 17.6 Å². The number of rotatable bonds is 9. The quantitative estimate of drug-likeness (QED) is 0.439. The summed E-state index contributed by atoms with van der Waals surface area (Å²) >= 11 is 0. The van der Waals surface area contributed by atoms with Gasteiger partial charge in [0.25, 0.3) is 5.91 Å². The Morgan fingerprint density at radius 3 is 2.51 bits per heavy atom. The lowest BCUT2D eigenvalue weighted by Gasteiger charge is -2.23. The smallest absolute Gasteiger partial charge is 0.319 e. The highest BCUT2D eigenvalue weighted by Crippen LogP contribution is 2.31. The van der Waals surface area contributed by atoms with Gasteiger partial charge in [-0.2, -0.15) is 0 Å². The molecule has 1 heterocycles. The van der Waals surface area contributed by atoms with Gasteiger partial charge >= 0.3 is 6.03 Å². The molecule has 1 atom stereocenters. The zero-order chi connectivity index (χ0) is 26.2. The number of ether oxygens (including phenoxy) is 3. The molecule has 8 heteroatoms. The number of carbonyl (C=O) groups excluding carboxylic acids is 2. The fourth-order valence-electron chi connectivity index (χ4n) is 4.29. The van der Waals surface area contributed by atoms with Gasteiger partial charge in [0.05, 0.1) is 14.2 Å². The van der Waals surface area contributed by atoms with Gasteiger partial charge in [-0.05, 0) is 54.3 Å². The van der Waals surface area contributed by atoms with Crippen molar-refractivity contribution >= 4 is 17.6 Å². The number of fused-ring (bicyclic) bond motifs is 1. The van der Waals surface area contributed by atoms with Crippen LogP contribution < -0.4 is 24.8 Å². The first kappa shape index (κ1) is 25.9. The van der Waals surface area contributed by atoms with Crippen LogP contribution in [0.3, 0.4) is 0 Å². The lowest BCUT2D eigenvalue weighted by Crippen LogP contribution is -2.40. The minimum absolute atomic E-state index is 0.0470. The Labute approximate surface area is 217 Å². The third-order valence-corrected chi connectivity index (χ3v) is 6.32. The van der Waals surface area contributed by atoms with Crippen LogP contribution in [0.2, 0.25) is 0 Å². The third kappa shape index (κ3) is 6.52. The van der Waals surface area contributed by atoms with Gasteiger partial charge in [-0.25, -0.2) is 4.79 Å². The summed E-state index contributed by atoms with van der Waals surface area (Å²) < 4.78 is 16.8. The van der Waals surface area contributed by atoms with Crippen LogP contribution in [0.5, 0.6) is 17.2 Å². The van der Waals surface area contributed by atoms with E-state index >= 15 is 0 Å². The molecular formula is C29H33N3O5. The Balaban J connectivity index is 1.45. The van der Waals surface area contributed by atoms with Gasteiger partial charge < -0.3 is 29.7 Å². The molecule has 0 spiro atoms. The summed E-state index contributed by atoms with van der Waals surface area (Å²) in [6, 6.07) is 20.7. The lowest BCUT2D eigenvalue weighted by molar-refractivity contribution is -0.138. The van der Waals surface area contributed by atoms with Crippen LogP contribution in [0.4, 0.5) is 10.5 Å². The van der Waals surface area contributed by atoms with Crippen molar-refractivity contribution in [2.75, 3.05) is 26.1 Å². The topological polar surface area (TPSA) is 89.1 Å². The first-order valence-electron chi connectivity index (χ1n) is 12.4. The van der Waals surface area contributed by atoms with E-state index in [0.29, 0.717) is 55.4 Å².